The Morgan fingerprint density at radius 2 is 2.11 bits per heavy atom. The number of unbranched alkanes of at least 4 members (excludes halogenated alkanes) is 1. The van der Waals surface area contributed by atoms with Gasteiger partial charge in [0, 0.05) is 0 Å². The molecule has 0 aromatic heterocycles. The maximum atomic E-state index is 13.0. The third-order valence-electron chi connectivity index (χ3n) is 2.65. The minimum Gasteiger partial charge on any atom is -0.507 e. The lowest BCUT2D eigenvalue weighted by Gasteiger charge is -2.14. The zero-order valence-electron chi connectivity index (χ0n) is 10.5. The number of nitrogens with one attached hydrogen (secondary N) is 1. The Hall–Kier alpha value is -2.11. The monoisotopic (exact) mass is 269 g/mol. The second kappa shape index (κ2) is 6.72. The van der Waals surface area contributed by atoms with Gasteiger partial charge in [-0.1, -0.05) is 19.8 Å². The minimum absolute atomic E-state index is 0.275. The molecule has 1 aromatic rings. The van der Waals surface area contributed by atoms with Crippen molar-refractivity contribution in [2.45, 2.75) is 32.2 Å². The van der Waals surface area contributed by atoms with Crippen LogP contribution in [0, 0.1) is 5.82 Å². The number of carbonyl (C=O) groups is 2. The van der Waals surface area contributed by atoms with Gasteiger partial charge in [-0.2, -0.15) is 0 Å². The lowest BCUT2D eigenvalue weighted by Crippen LogP contribution is -2.40. The van der Waals surface area contributed by atoms with Gasteiger partial charge in [-0.05, 0) is 24.6 Å². The average molecular weight is 269 g/mol. The first-order valence-electron chi connectivity index (χ1n) is 5.98. The van der Waals surface area contributed by atoms with Crippen LogP contribution in [0.3, 0.4) is 0 Å². The van der Waals surface area contributed by atoms with Crippen LogP contribution in [0.1, 0.15) is 36.5 Å². The van der Waals surface area contributed by atoms with Crippen molar-refractivity contribution in [1.29, 1.82) is 0 Å². The number of aliphatic carboxylic acids is 1. The highest BCUT2D eigenvalue weighted by Gasteiger charge is 2.21. The molecular weight excluding hydrogens is 253 g/mol. The van der Waals surface area contributed by atoms with E-state index in [2.05, 4.69) is 5.32 Å². The zero-order valence-corrected chi connectivity index (χ0v) is 10.5. The number of carboxylic acid groups (broad SMARTS) is 1. The first-order chi connectivity index (χ1) is 8.95. The summed E-state index contributed by atoms with van der Waals surface area (Å²) in [4.78, 5) is 22.8. The van der Waals surface area contributed by atoms with Crippen LogP contribution in [0.4, 0.5) is 4.39 Å². The first kappa shape index (κ1) is 14.9. The Kier molecular flexibility index (Phi) is 5.29. The molecule has 5 nitrogen and oxygen atoms in total. The zero-order chi connectivity index (χ0) is 14.4. The predicted octanol–water partition coefficient (Wildman–Crippen LogP) is 1.90. The van der Waals surface area contributed by atoms with E-state index in [1.807, 2.05) is 6.92 Å². The summed E-state index contributed by atoms with van der Waals surface area (Å²) in [6, 6.07) is 1.88. The summed E-state index contributed by atoms with van der Waals surface area (Å²) in [6.07, 6.45) is 1.73. The van der Waals surface area contributed by atoms with Gasteiger partial charge in [0.1, 0.15) is 17.6 Å². The number of rotatable bonds is 6. The van der Waals surface area contributed by atoms with Crippen LogP contribution in [-0.4, -0.2) is 28.1 Å². The molecule has 0 spiro atoms. The molecule has 19 heavy (non-hydrogen) atoms. The normalized spacial score (nSPS) is 11.9. The van der Waals surface area contributed by atoms with Crippen molar-refractivity contribution in [3.63, 3.8) is 0 Å². The van der Waals surface area contributed by atoms with Crippen molar-refractivity contribution in [3.8, 4) is 5.75 Å². The highest BCUT2D eigenvalue weighted by Crippen LogP contribution is 2.18. The molecule has 6 heteroatoms. The summed E-state index contributed by atoms with van der Waals surface area (Å²) in [5, 5.41) is 20.7. The Balaban J connectivity index is 2.81. The number of carbonyl (C=O) groups excluding carboxylic acids is 1. The number of hydrogen-bond donors (Lipinski definition) is 3. The van der Waals surface area contributed by atoms with Crippen molar-refractivity contribution in [2.75, 3.05) is 0 Å². The van der Waals surface area contributed by atoms with Crippen LogP contribution in [0.25, 0.3) is 0 Å². The van der Waals surface area contributed by atoms with Crippen molar-refractivity contribution in [1.82, 2.24) is 5.32 Å². The van der Waals surface area contributed by atoms with Crippen LogP contribution < -0.4 is 5.32 Å². The van der Waals surface area contributed by atoms with E-state index < -0.39 is 29.5 Å². The average Bonchev–Trinajstić information content (AvgIpc) is 2.36. The molecule has 1 aromatic carbocycles. The molecule has 0 saturated carbocycles. The second-order valence-corrected chi connectivity index (χ2v) is 4.17. The van der Waals surface area contributed by atoms with Gasteiger partial charge in [-0.25, -0.2) is 9.18 Å². The predicted molar refractivity (Wildman–Crippen MR) is 66.5 cm³/mol. The molecule has 3 N–H and O–H groups in total. The third-order valence-corrected chi connectivity index (χ3v) is 2.65. The number of carboxylic acids is 1. The lowest BCUT2D eigenvalue weighted by molar-refractivity contribution is -0.139. The number of phenols is 1. The molecule has 1 atom stereocenters. The molecule has 0 bridgehead atoms. The van der Waals surface area contributed by atoms with Gasteiger partial charge in [0.05, 0.1) is 5.56 Å². The van der Waals surface area contributed by atoms with Crippen LogP contribution in [0.2, 0.25) is 0 Å². The van der Waals surface area contributed by atoms with Gasteiger partial charge in [0.25, 0.3) is 5.91 Å². The van der Waals surface area contributed by atoms with E-state index >= 15 is 0 Å². The van der Waals surface area contributed by atoms with Crippen molar-refractivity contribution in [2.24, 2.45) is 0 Å². The molecule has 0 heterocycles. The molecule has 0 aliphatic carbocycles. The van der Waals surface area contributed by atoms with Gasteiger partial charge in [0.2, 0.25) is 0 Å². The van der Waals surface area contributed by atoms with E-state index in [0.29, 0.717) is 6.42 Å². The van der Waals surface area contributed by atoms with E-state index in [-0.39, 0.29) is 12.0 Å². The quantitative estimate of drug-likeness (QED) is 0.736. The van der Waals surface area contributed by atoms with Crippen LogP contribution >= 0.6 is 0 Å². The minimum atomic E-state index is -1.15. The molecule has 0 aliphatic rings. The first-order valence-corrected chi connectivity index (χ1v) is 5.98. The molecular formula is C13H16FNO4. The third kappa shape index (κ3) is 4.24. The molecule has 104 valence electrons. The molecule has 1 rings (SSSR count). The number of benzene rings is 1. The van der Waals surface area contributed by atoms with E-state index in [9.17, 15) is 19.1 Å². The van der Waals surface area contributed by atoms with E-state index in [1.165, 1.54) is 0 Å². The molecule has 0 fully saturated rings. The van der Waals surface area contributed by atoms with Crippen molar-refractivity contribution < 1.29 is 24.2 Å². The van der Waals surface area contributed by atoms with E-state index in [4.69, 9.17) is 5.11 Å². The fourth-order valence-corrected chi connectivity index (χ4v) is 1.59. The van der Waals surface area contributed by atoms with Crippen LogP contribution in [0.15, 0.2) is 18.2 Å². The number of amides is 1. The number of aromatic hydroxyl groups is 1. The lowest BCUT2D eigenvalue weighted by atomic mass is 10.1. The summed E-state index contributed by atoms with van der Waals surface area (Å²) in [7, 11) is 0. The topological polar surface area (TPSA) is 86.6 Å². The fourth-order valence-electron chi connectivity index (χ4n) is 1.59. The van der Waals surface area contributed by atoms with Gasteiger partial charge >= 0.3 is 5.97 Å². The molecule has 1 amide bonds. The fraction of sp³-hybridized carbons (Fsp3) is 0.385. The molecule has 0 saturated heterocycles. The van der Waals surface area contributed by atoms with Gasteiger partial charge in [-0.3, -0.25) is 4.79 Å². The number of hydrogen-bond acceptors (Lipinski definition) is 3. The SMILES string of the molecule is CCCC[C@H](NC(=O)c1cc(F)ccc1O)C(=O)O. The Labute approximate surface area is 110 Å². The molecule has 0 radical (unpaired) electrons. The summed E-state index contributed by atoms with van der Waals surface area (Å²) in [5.41, 5.74) is -0.275. The van der Waals surface area contributed by atoms with Gasteiger partial charge in [-0.15, -0.1) is 0 Å². The maximum Gasteiger partial charge on any atom is 0.326 e. The van der Waals surface area contributed by atoms with Crippen molar-refractivity contribution >= 4 is 11.9 Å². The molecule has 0 unspecified atom stereocenters. The van der Waals surface area contributed by atoms with Crippen LogP contribution in [0.5, 0.6) is 5.75 Å². The van der Waals surface area contributed by atoms with E-state index in [0.717, 1.165) is 24.6 Å². The van der Waals surface area contributed by atoms with Crippen molar-refractivity contribution in [3.05, 3.63) is 29.6 Å². The largest absolute Gasteiger partial charge is 0.507 e. The summed E-state index contributed by atoms with van der Waals surface area (Å²) in [5.74, 6) is -3.03. The Bertz CT molecular complexity index is 476. The second-order valence-electron chi connectivity index (χ2n) is 4.17. The summed E-state index contributed by atoms with van der Waals surface area (Å²) >= 11 is 0. The van der Waals surface area contributed by atoms with Gasteiger partial charge < -0.3 is 15.5 Å². The number of phenolic OH excluding ortho intramolecular Hbond substituents is 1. The standard InChI is InChI=1S/C13H16FNO4/c1-2-3-4-10(13(18)19)15-12(17)9-7-8(14)5-6-11(9)16/h5-7,10,16H,2-4H2,1H3,(H,15,17)(H,18,19)/t10-/m0/s1. The maximum absolute atomic E-state index is 13.0. The molecule has 0 aliphatic heterocycles. The van der Waals surface area contributed by atoms with Crippen LogP contribution in [-0.2, 0) is 4.79 Å². The highest BCUT2D eigenvalue weighted by molar-refractivity contribution is 5.98. The smallest absolute Gasteiger partial charge is 0.326 e. The summed E-state index contributed by atoms with van der Waals surface area (Å²) < 4.78 is 13.0. The summed E-state index contributed by atoms with van der Waals surface area (Å²) in [6.45, 7) is 1.90. The van der Waals surface area contributed by atoms with Gasteiger partial charge in [0.15, 0.2) is 0 Å². The highest BCUT2D eigenvalue weighted by atomic mass is 19.1. The number of halogens is 1. The van der Waals surface area contributed by atoms with E-state index in [1.54, 1.807) is 0 Å². The Morgan fingerprint density at radius 3 is 2.68 bits per heavy atom. The Morgan fingerprint density at radius 1 is 1.42 bits per heavy atom.